The van der Waals surface area contributed by atoms with Gasteiger partial charge in [-0.2, -0.15) is 5.10 Å². The van der Waals surface area contributed by atoms with E-state index in [4.69, 9.17) is 4.74 Å². The molecule has 2 aromatic carbocycles. The molecule has 0 fully saturated rings. The van der Waals surface area contributed by atoms with Crippen molar-refractivity contribution in [2.24, 2.45) is 0 Å². The number of para-hydroxylation sites is 1. The van der Waals surface area contributed by atoms with E-state index in [1.807, 2.05) is 0 Å². The number of ether oxygens (including phenoxy) is 1. The minimum absolute atomic E-state index is 0.0770. The molecule has 1 aliphatic rings. The third-order valence-corrected chi connectivity index (χ3v) is 7.03. The lowest BCUT2D eigenvalue weighted by molar-refractivity contribution is 0.102. The van der Waals surface area contributed by atoms with Crippen LogP contribution in [0.5, 0.6) is 0 Å². The summed E-state index contributed by atoms with van der Waals surface area (Å²) < 4.78 is 48.3. The summed E-state index contributed by atoms with van der Waals surface area (Å²) in [5.41, 5.74) is 2.63. The molecule has 8 nitrogen and oxygen atoms in total. The summed E-state index contributed by atoms with van der Waals surface area (Å²) in [7, 11) is -2.22. The van der Waals surface area contributed by atoms with E-state index in [-0.39, 0.29) is 23.2 Å². The van der Waals surface area contributed by atoms with Gasteiger partial charge in [-0.1, -0.05) is 12.1 Å². The summed E-state index contributed by atoms with van der Waals surface area (Å²) in [5, 5.41) is 7.18. The Kier molecular flexibility index (Phi) is 6.59. The topological polar surface area (TPSA) is 102 Å². The Balaban J connectivity index is 1.54. The van der Waals surface area contributed by atoms with Gasteiger partial charge < -0.3 is 10.1 Å². The van der Waals surface area contributed by atoms with Crippen LogP contribution in [0.1, 0.15) is 35.1 Å². The number of carbonyl (C=O) groups is 1. The van der Waals surface area contributed by atoms with E-state index in [0.29, 0.717) is 24.2 Å². The summed E-state index contributed by atoms with van der Waals surface area (Å²) >= 11 is 0. The van der Waals surface area contributed by atoms with Crippen molar-refractivity contribution >= 4 is 21.6 Å². The Morgan fingerprint density at radius 2 is 1.91 bits per heavy atom. The van der Waals surface area contributed by atoms with Crippen molar-refractivity contribution in [1.29, 1.82) is 0 Å². The maximum atomic E-state index is 14.3. The van der Waals surface area contributed by atoms with Gasteiger partial charge in [-0.05, 0) is 62.6 Å². The number of halogens is 1. The predicted octanol–water partition coefficient (Wildman–Crippen LogP) is 3.07. The first-order valence-electron chi connectivity index (χ1n) is 10.6. The van der Waals surface area contributed by atoms with Crippen LogP contribution in [-0.2, 0) is 27.6 Å². The van der Waals surface area contributed by atoms with E-state index in [0.717, 1.165) is 17.7 Å². The molecule has 0 saturated carbocycles. The zero-order chi connectivity index (χ0) is 23.6. The average molecular weight is 473 g/mol. The van der Waals surface area contributed by atoms with Gasteiger partial charge in [0.2, 0.25) is 10.0 Å². The van der Waals surface area contributed by atoms with Crippen molar-refractivity contribution in [3.05, 3.63) is 71.3 Å². The second-order valence-electron chi connectivity index (χ2n) is 7.95. The standard InChI is InChI=1S/C23H25FN4O4S/c1-15(14-32-2)27-33(30,31)17-12-10-16(11-13-17)25-23(29)22-18-6-5-9-20(18)28(26-22)21-8-4-3-7-19(21)24/h3-4,7-8,10-13,15,27H,5-6,9,14H2,1-2H3,(H,25,29). The van der Waals surface area contributed by atoms with Crippen molar-refractivity contribution < 1.29 is 22.3 Å². The molecule has 4 rings (SSSR count). The smallest absolute Gasteiger partial charge is 0.276 e. The summed E-state index contributed by atoms with van der Waals surface area (Å²) in [6.45, 7) is 1.95. The first-order valence-corrected chi connectivity index (χ1v) is 12.1. The number of amides is 1. The minimum Gasteiger partial charge on any atom is -0.383 e. The maximum Gasteiger partial charge on any atom is 0.276 e. The van der Waals surface area contributed by atoms with Crippen LogP contribution in [-0.4, -0.2) is 43.9 Å². The molecular weight excluding hydrogens is 447 g/mol. The highest BCUT2D eigenvalue weighted by atomic mass is 32.2. The molecule has 1 unspecified atom stereocenters. The molecule has 0 spiro atoms. The van der Waals surface area contributed by atoms with Crippen molar-refractivity contribution in [1.82, 2.24) is 14.5 Å². The van der Waals surface area contributed by atoms with Gasteiger partial charge in [0.25, 0.3) is 5.91 Å². The quantitative estimate of drug-likeness (QED) is 0.525. The molecule has 1 aliphatic carbocycles. The Morgan fingerprint density at radius 3 is 2.61 bits per heavy atom. The molecule has 10 heteroatoms. The SMILES string of the molecule is COCC(C)NS(=O)(=O)c1ccc(NC(=O)c2nn(-c3ccccc3F)c3c2CCC3)cc1. The van der Waals surface area contributed by atoms with E-state index in [1.54, 1.807) is 25.1 Å². The zero-order valence-corrected chi connectivity index (χ0v) is 19.2. The number of sulfonamides is 1. The van der Waals surface area contributed by atoms with Gasteiger partial charge in [-0.3, -0.25) is 4.79 Å². The summed E-state index contributed by atoms with van der Waals surface area (Å²) in [5.74, 6) is -0.836. The molecule has 1 amide bonds. The number of nitrogens with one attached hydrogen (secondary N) is 2. The van der Waals surface area contributed by atoms with Crippen LogP contribution < -0.4 is 10.0 Å². The first-order chi connectivity index (χ1) is 15.8. The molecule has 0 aliphatic heterocycles. The number of benzene rings is 2. The Bertz CT molecular complexity index is 1270. The molecule has 3 aromatic rings. The second-order valence-corrected chi connectivity index (χ2v) is 9.66. The second kappa shape index (κ2) is 9.42. The average Bonchev–Trinajstić information content (AvgIpc) is 3.37. The normalized spacial score (nSPS) is 14.2. The molecule has 33 heavy (non-hydrogen) atoms. The van der Waals surface area contributed by atoms with Gasteiger partial charge in [-0.15, -0.1) is 0 Å². The highest BCUT2D eigenvalue weighted by molar-refractivity contribution is 7.89. The number of nitrogens with zero attached hydrogens (tertiary/aromatic N) is 2. The maximum absolute atomic E-state index is 14.3. The monoisotopic (exact) mass is 472 g/mol. The molecule has 0 radical (unpaired) electrons. The third-order valence-electron chi connectivity index (χ3n) is 5.42. The van der Waals surface area contributed by atoms with Crippen LogP contribution in [0.25, 0.3) is 5.69 Å². The fourth-order valence-corrected chi connectivity index (χ4v) is 5.20. The van der Waals surface area contributed by atoms with E-state index < -0.39 is 21.7 Å². The van der Waals surface area contributed by atoms with Gasteiger partial charge in [0.15, 0.2) is 5.69 Å². The van der Waals surface area contributed by atoms with Crippen LogP contribution in [0.2, 0.25) is 0 Å². The number of hydrogen-bond acceptors (Lipinski definition) is 5. The zero-order valence-electron chi connectivity index (χ0n) is 18.3. The molecule has 0 bridgehead atoms. The Hall–Kier alpha value is -3.08. The van der Waals surface area contributed by atoms with Crippen molar-refractivity contribution in [3.63, 3.8) is 0 Å². The fraction of sp³-hybridized carbons (Fsp3) is 0.304. The lowest BCUT2D eigenvalue weighted by Gasteiger charge is -2.13. The molecule has 2 N–H and O–H groups in total. The molecule has 1 aromatic heterocycles. The number of fused-ring (bicyclic) bond motifs is 1. The molecule has 1 atom stereocenters. The van der Waals surface area contributed by atoms with Gasteiger partial charge >= 0.3 is 0 Å². The van der Waals surface area contributed by atoms with E-state index in [9.17, 15) is 17.6 Å². The number of hydrogen-bond donors (Lipinski definition) is 2. The first kappa shape index (κ1) is 23.1. The van der Waals surface area contributed by atoms with Gasteiger partial charge in [0.1, 0.15) is 11.5 Å². The van der Waals surface area contributed by atoms with E-state index >= 15 is 0 Å². The summed E-state index contributed by atoms with van der Waals surface area (Å²) in [6, 6.07) is 11.8. The minimum atomic E-state index is -3.71. The van der Waals surface area contributed by atoms with Gasteiger partial charge in [0, 0.05) is 30.1 Å². The van der Waals surface area contributed by atoms with Crippen molar-refractivity contribution in [2.45, 2.75) is 37.1 Å². The molecule has 0 saturated heterocycles. The van der Waals surface area contributed by atoms with Crippen LogP contribution in [0.4, 0.5) is 10.1 Å². The predicted molar refractivity (Wildman–Crippen MR) is 122 cm³/mol. The Morgan fingerprint density at radius 1 is 1.18 bits per heavy atom. The molecule has 1 heterocycles. The molecule has 174 valence electrons. The lowest BCUT2D eigenvalue weighted by atomic mass is 10.2. The van der Waals surface area contributed by atoms with Crippen LogP contribution in [0, 0.1) is 5.82 Å². The van der Waals surface area contributed by atoms with Crippen molar-refractivity contribution in [3.8, 4) is 5.69 Å². The van der Waals surface area contributed by atoms with Gasteiger partial charge in [-0.25, -0.2) is 22.2 Å². The third kappa shape index (κ3) is 4.82. The fourth-order valence-electron chi connectivity index (χ4n) is 3.97. The van der Waals surface area contributed by atoms with Crippen LogP contribution in [0.15, 0.2) is 53.4 Å². The highest BCUT2D eigenvalue weighted by Gasteiger charge is 2.28. The number of aromatic nitrogens is 2. The number of carbonyl (C=O) groups excluding carboxylic acids is 1. The summed E-state index contributed by atoms with van der Waals surface area (Å²) in [4.78, 5) is 13.1. The summed E-state index contributed by atoms with van der Waals surface area (Å²) in [6.07, 6.45) is 2.27. The van der Waals surface area contributed by atoms with Crippen LogP contribution >= 0.6 is 0 Å². The highest BCUT2D eigenvalue weighted by Crippen LogP contribution is 2.29. The number of methoxy groups -OCH3 is 1. The number of rotatable bonds is 8. The molecular formula is C23H25FN4O4S. The Labute approximate surface area is 191 Å². The van der Waals surface area contributed by atoms with Crippen LogP contribution in [0.3, 0.4) is 0 Å². The van der Waals surface area contributed by atoms with Gasteiger partial charge in [0.05, 0.1) is 11.5 Å². The number of anilines is 1. The van der Waals surface area contributed by atoms with Crippen molar-refractivity contribution in [2.75, 3.05) is 19.0 Å². The largest absolute Gasteiger partial charge is 0.383 e. The van der Waals surface area contributed by atoms with E-state index in [2.05, 4.69) is 15.1 Å². The lowest BCUT2D eigenvalue weighted by Crippen LogP contribution is -2.35. The van der Waals surface area contributed by atoms with E-state index in [1.165, 1.54) is 42.1 Å².